The van der Waals surface area contributed by atoms with Crippen LogP contribution in [-0.2, 0) is 14.3 Å². The molecular weight excluding hydrogens is 393 g/mol. The second-order valence-electron chi connectivity index (χ2n) is 7.64. The molecule has 0 unspecified atom stereocenters. The summed E-state index contributed by atoms with van der Waals surface area (Å²) >= 11 is 0. The molecule has 0 N–H and O–H groups in total. The Balaban J connectivity index is 0. The van der Waals surface area contributed by atoms with E-state index in [1.165, 1.54) is 57.8 Å². The van der Waals surface area contributed by atoms with Crippen molar-refractivity contribution in [1.29, 1.82) is 0 Å². The van der Waals surface area contributed by atoms with Crippen LogP contribution in [0.2, 0.25) is 0 Å². The van der Waals surface area contributed by atoms with Crippen LogP contribution in [0, 0.1) is 0 Å². The van der Waals surface area contributed by atoms with Gasteiger partial charge in [0.1, 0.15) is 4.90 Å². The van der Waals surface area contributed by atoms with E-state index in [0.29, 0.717) is 0 Å². The number of unbranched alkanes of at least 4 members (excludes halogenated alkanes) is 11. The molecule has 0 aliphatic rings. The molecule has 0 fully saturated rings. The molecule has 0 aromatic heterocycles. The average Bonchev–Trinajstić information content (AvgIpc) is 2.71. The van der Waals surface area contributed by atoms with E-state index in [1.54, 1.807) is 12.1 Å². The van der Waals surface area contributed by atoms with Gasteiger partial charge >= 0.3 is 23.1 Å². The van der Waals surface area contributed by atoms with Gasteiger partial charge in [0.15, 0.2) is 0 Å². The summed E-state index contributed by atoms with van der Waals surface area (Å²) in [6, 6.07) is 12.8. The maximum absolute atomic E-state index is 12.5. The number of benzene rings is 2. The van der Waals surface area contributed by atoms with Gasteiger partial charge in [-0.05, 0) is 17.9 Å². The molecule has 0 aliphatic carbocycles. The van der Waals surface area contributed by atoms with Crippen LogP contribution in [0.1, 0.15) is 86.8 Å². The van der Waals surface area contributed by atoms with Crippen LogP contribution >= 0.6 is 0 Å². The van der Waals surface area contributed by atoms with Crippen molar-refractivity contribution in [2.45, 2.75) is 88.9 Å². The molecule has 0 bridgehead atoms. The van der Waals surface area contributed by atoms with Crippen molar-refractivity contribution in [2.75, 3.05) is 6.61 Å². The predicted molar refractivity (Wildman–Crippen MR) is 126 cm³/mol. The van der Waals surface area contributed by atoms with Crippen LogP contribution in [0.25, 0.3) is 10.8 Å². The molecule has 2 aromatic rings. The van der Waals surface area contributed by atoms with Gasteiger partial charge in [-0.2, -0.15) is 8.42 Å². The first-order valence-corrected chi connectivity index (χ1v) is 12.4. The van der Waals surface area contributed by atoms with Gasteiger partial charge in [0.2, 0.25) is 0 Å². The molecule has 0 radical (unpaired) electrons. The third-order valence-corrected chi connectivity index (χ3v) is 6.63. The van der Waals surface area contributed by atoms with E-state index in [0.717, 1.165) is 30.0 Å². The molecule has 2 aromatic carbocycles. The van der Waals surface area contributed by atoms with Crippen molar-refractivity contribution >= 4 is 43.9 Å². The number of hydrogen-bond donors (Lipinski definition) is 0. The van der Waals surface area contributed by atoms with Crippen LogP contribution in [0.5, 0.6) is 0 Å². The zero-order valence-corrected chi connectivity index (χ0v) is 20.3. The molecule has 0 atom stereocenters. The minimum atomic E-state index is -3.70. The second-order valence-corrected chi connectivity index (χ2v) is 9.23. The van der Waals surface area contributed by atoms with Gasteiger partial charge in [0.05, 0.1) is 6.61 Å². The van der Waals surface area contributed by atoms with Crippen molar-refractivity contribution in [3.05, 3.63) is 42.5 Å². The standard InChI is InChI=1S/C24H36O3S.Mg.2H/c1-2-3-4-5-6-7-8-9-10-11-12-15-21-27-28(25,26)24-20-16-18-22-17-13-14-19-23(22)24;;;/h13-14,16-20H,2-12,15,21H2,1H3;;;/q;+2;2*-1. The molecule has 0 amide bonds. The summed E-state index contributed by atoms with van der Waals surface area (Å²) in [4.78, 5) is 0.268. The predicted octanol–water partition coefficient (Wildman–Crippen LogP) is 7.09. The van der Waals surface area contributed by atoms with Crippen LogP contribution in [0.3, 0.4) is 0 Å². The Morgan fingerprint density at radius 3 is 1.86 bits per heavy atom. The number of rotatable bonds is 15. The Morgan fingerprint density at radius 1 is 0.724 bits per heavy atom. The Kier molecular flexibility index (Phi) is 13.9. The fourth-order valence-corrected chi connectivity index (χ4v) is 4.75. The molecule has 2 rings (SSSR count). The van der Waals surface area contributed by atoms with E-state index in [1.807, 2.05) is 30.3 Å². The van der Waals surface area contributed by atoms with E-state index in [9.17, 15) is 8.42 Å². The van der Waals surface area contributed by atoms with Gasteiger partial charge in [-0.3, -0.25) is 4.18 Å². The quantitative estimate of drug-likeness (QED) is 0.172. The second kappa shape index (κ2) is 15.2. The molecular formula is C24H38MgO3S. The van der Waals surface area contributed by atoms with E-state index >= 15 is 0 Å². The summed E-state index contributed by atoms with van der Waals surface area (Å²) in [5, 5.41) is 1.64. The minimum Gasteiger partial charge on any atom is -1.00 e. The van der Waals surface area contributed by atoms with Gasteiger partial charge in [-0.25, -0.2) is 0 Å². The molecule has 3 nitrogen and oxygen atoms in total. The van der Waals surface area contributed by atoms with Gasteiger partial charge < -0.3 is 2.85 Å². The van der Waals surface area contributed by atoms with Crippen LogP contribution in [-0.4, -0.2) is 38.1 Å². The third kappa shape index (κ3) is 9.82. The van der Waals surface area contributed by atoms with Gasteiger partial charge in [-0.1, -0.05) is 114 Å². The van der Waals surface area contributed by atoms with Gasteiger partial charge in [0.25, 0.3) is 10.1 Å². The summed E-state index contributed by atoms with van der Waals surface area (Å²) in [6.45, 7) is 2.52. The summed E-state index contributed by atoms with van der Waals surface area (Å²) in [6.07, 6.45) is 15.0. The molecule has 0 aliphatic heterocycles. The maximum Gasteiger partial charge on any atom is 2.00 e. The average molecular weight is 431 g/mol. The molecule has 0 heterocycles. The zero-order chi connectivity index (χ0) is 20.1. The molecule has 5 heteroatoms. The Hall–Kier alpha value is -0.624. The molecule has 0 spiro atoms. The van der Waals surface area contributed by atoms with Crippen molar-refractivity contribution in [3.8, 4) is 0 Å². The Morgan fingerprint density at radius 2 is 1.24 bits per heavy atom. The summed E-state index contributed by atoms with van der Waals surface area (Å²) < 4.78 is 30.3. The molecule has 0 saturated carbocycles. The SMILES string of the molecule is CCCCCCCCCCCCCCOS(=O)(=O)c1cccc2ccccc12.[H-].[H-].[Mg+2]. The fourth-order valence-electron chi connectivity index (χ4n) is 3.59. The minimum absolute atomic E-state index is 0. The van der Waals surface area contributed by atoms with Crippen molar-refractivity contribution in [1.82, 2.24) is 0 Å². The summed E-state index contributed by atoms with van der Waals surface area (Å²) in [7, 11) is -3.70. The van der Waals surface area contributed by atoms with Crippen molar-refractivity contribution in [2.24, 2.45) is 0 Å². The molecule has 160 valence electrons. The fraction of sp³-hybridized carbons (Fsp3) is 0.583. The molecule has 0 saturated heterocycles. The first-order valence-electron chi connectivity index (χ1n) is 11.0. The van der Waals surface area contributed by atoms with E-state index in [-0.39, 0.29) is 37.4 Å². The van der Waals surface area contributed by atoms with Crippen LogP contribution in [0.4, 0.5) is 0 Å². The topological polar surface area (TPSA) is 43.4 Å². The summed E-state index contributed by atoms with van der Waals surface area (Å²) in [5.41, 5.74) is 0. The Bertz CT molecular complexity index is 795. The van der Waals surface area contributed by atoms with Gasteiger partial charge in [0, 0.05) is 5.39 Å². The zero-order valence-electron chi connectivity index (χ0n) is 20.1. The monoisotopic (exact) mass is 430 g/mol. The number of fused-ring (bicyclic) bond motifs is 1. The third-order valence-electron chi connectivity index (χ3n) is 5.26. The van der Waals surface area contributed by atoms with Crippen molar-refractivity contribution < 1.29 is 15.5 Å². The summed E-state index contributed by atoms with van der Waals surface area (Å²) in [5.74, 6) is 0. The Labute approximate surface area is 196 Å². The van der Waals surface area contributed by atoms with Crippen LogP contribution in [0.15, 0.2) is 47.4 Å². The number of hydrogen-bond acceptors (Lipinski definition) is 3. The molecule has 29 heavy (non-hydrogen) atoms. The van der Waals surface area contributed by atoms with Crippen molar-refractivity contribution in [3.63, 3.8) is 0 Å². The smallest absolute Gasteiger partial charge is 1.00 e. The van der Waals surface area contributed by atoms with Crippen LogP contribution < -0.4 is 0 Å². The first-order chi connectivity index (χ1) is 13.6. The normalized spacial score (nSPS) is 11.5. The van der Waals surface area contributed by atoms with Gasteiger partial charge in [-0.15, -0.1) is 0 Å². The van der Waals surface area contributed by atoms with E-state index in [2.05, 4.69) is 6.92 Å². The largest absolute Gasteiger partial charge is 2.00 e. The van der Waals surface area contributed by atoms with E-state index in [4.69, 9.17) is 4.18 Å². The van der Waals surface area contributed by atoms with E-state index < -0.39 is 10.1 Å². The first kappa shape index (κ1) is 26.4. The maximum atomic E-state index is 12.5.